The Morgan fingerprint density at radius 2 is 1.73 bits per heavy atom. The van der Waals surface area contributed by atoms with Crippen LogP contribution >= 0.6 is 11.8 Å². The van der Waals surface area contributed by atoms with Gasteiger partial charge in [0.2, 0.25) is 5.91 Å². The molecule has 156 valence electrons. The standard InChI is InChI=1S/C21H18F3N3O2S/c1-13-11-19(27-20(25-13)14-3-9-17(29-2)10-4-14)30-12-18(28)26-16-7-5-15(6-8-16)21(22,23)24/h3-11H,12H2,1-2H3,(H,26,28). The molecule has 0 atom stereocenters. The lowest BCUT2D eigenvalue weighted by Gasteiger charge is -2.09. The topological polar surface area (TPSA) is 64.1 Å². The average molecular weight is 433 g/mol. The predicted molar refractivity (Wildman–Crippen MR) is 110 cm³/mol. The molecular formula is C21H18F3N3O2S. The average Bonchev–Trinajstić information content (AvgIpc) is 2.72. The number of benzene rings is 2. The Kier molecular flexibility index (Phi) is 6.61. The van der Waals surface area contributed by atoms with Gasteiger partial charge in [-0.25, -0.2) is 9.97 Å². The molecule has 3 aromatic rings. The van der Waals surface area contributed by atoms with Crippen molar-refractivity contribution in [3.63, 3.8) is 0 Å². The molecule has 0 aliphatic rings. The van der Waals surface area contributed by atoms with Crippen molar-refractivity contribution in [2.45, 2.75) is 18.1 Å². The quantitative estimate of drug-likeness (QED) is 0.427. The maximum Gasteiger partial charge on any atom is 0.416 e. The summed E-state index contributed by atoms with van der Waals surface area (Å²) in [6.07, 6.45) is -4.41. The number of nitrogens with one attached hydrogen (secondary N) is 1. The van der Waals surface area contributed by atoms with Gasteiger partial charge in [-0.2, -0.15) is 13.2 Å². The van der Waals surface area contributed by atoms with Gasteiger partial charge < -0.3 is 10.1 Å². The Bertz CT molecular complexity index is 1020. The fourth-order valence-corrected chi connectivity index (χ4v) is 3.32. The second-order valence-electron chi connectivity index (χ2n) is 6.31. The highest BCUT2D eigenvalue weighted by Crippen LogP contribution is 2.30. The maximum absolute atomic E-state index is 12.6. The second-order valence-corrected chi connectivity index (χ2v) is 7.31. The predicted octanol–water partition coefficient (Wildman–Crippen LogP) is 5.21. The lowest BCUT2D eigenvalue weighted by atomic mass is 10.2. The van der Waals surface area contributed by atoms with E-state index in [1.54, 1.807) is 13.2 Å². The van der Waals surface area contributed by atoms with Gasteiger partial charge in [-0.15, -0.1) is 0 Å². The number of hydrogen-bond acceptors (Lipinski definition) is 5. The van der Waals surface area contributed by atoms with Gasteiger partial charge in [-0.1, -0.05) is 11.8 Å². The van der Waals surface area contributed by atoms with Crippen LogP contribution in [0.25, 0.3) is 11.4 Å². The van der Waals surface area contributed by atoms with Crippen molar-refractivity contribution in [2.75, 3.05) is 18.2 Å². The fraction of sp³-hybridized carbons (Fsp3) is 0.190. The normalized spacial score (nSPS) is 11.2. The van der Waals surface area contributed by atoms with E-state index in [2.05, 4.69) is 15.3 Å². The van der Waals surface area contributed by atoms with Crippen molar-refractivity contribution < 1.29 is 22.7 Å². The van der Waals surface area contributed by atoms with Crippen LogP contribution in [0.2, 0.25) is 0 Å². The molecule has 1 amide bonds. The summed E-state index contributed by atoms with van der Waals surface area (Å²) in [4.78, 5) is 21.1. The lowest BCUT2D eigenvalue weighted by molar-refractivity contribution is -0.137. The molecule has 3 rings (SSSR count). The summed E-state index contributed by atoms with van der Waals surface area (Å²) in [5, 5.41) is 3.20. The third kappa shape index (κ3) is 5.73. The summed E-state index contributed by atoms with van der Waals surface area (Å²) >= 11 is 1.22. The Labute approximate surface area is 175 Å². The number of ether oxygens (including phenoxy) is 1. The van der Waals surface area contributed by atoms with Crippen molar-refractivity contribution in [3.05, 3.63) is 65.9 Å². The van der Waals surface area contributed by atoms with Gasteiger partial charge in [0, 0.05) is 16.9 Å². The van der Waals surface area contributed by atoms with Gasteiger partial charge in [0.25, 0.3) is 0 Å². The fourth-order valence-electron chi connectivity index (χ4n) is 2.56. The number of halogens is 3. The van der Waals surface area contributed by atoms with Crippen LogP contribution in [-0.4, -0.2) is 28.7 Å². The minimum Gasteiger partial charge on any atom is -0.497 e. The van der Waals surface area contributed by atoms with Gasteiger partial charge in [0.05, 0.1) is 18.4 Å². The van der Waals surface area contributed by atoms with Gasteiger partial charge >= 0.3 is 6.18 Å². The summed E-state index contributed by atoms with van der Waals surface area (Å²) < 4.78 is 43.0. The smallest absolute Gasteiger partial charge is 0.416 e. The SMILES string of the molecule is COc1ccc(-c2nc(C)cc(SCC(=O)Nc3ccc(C(F)(F)F)cc3)n2)cc1. The first-order chi connectivity index (χ1) is 14.2. The zero-order chi connectivity index (χ0) is 21.7. The van der Waals surface area contributed by atoms with Crippen molar-refractivity contribution in [1.82, 2.24) is 9.97 Å². The number of aryl methyl sites for hydroxylation is 1. The summed E-state index contributed by atoms with van der Waals surface area (Å²) in [6.45, 7) is 1.83. The van der Waals surface area contributed by atoms with E-state index in [1.807, 2.05) is 31.2 Å². The number of thioether (sulfide) groups is 1. The maximum atomic E-state index is 12.6. The number of amides is 1. The van der Waals surface area contributed by atoms with Crippen molar-refractivity contribution in [2.24, 2.45) is 0 Å². The minimum absolute atomic E-state index is 0.0551. The molecule has 0 aliphatic carbocycles. The number of carbonyl (C=O) groups is 1. The molecule has 0 fully saturated rings. The Morgan fingerprint density at radius 1 is 1.07 bits per heavy atom. The summed E-state index contributed by atoms with van der Waals surface area (Å²) in [7, 11) is 1.59. The van der Waals surface area contributed by atoms with Crippen LogP contribution in [0.4, 0.5) is 18.9 Å². The van der Waals surface area contributed by atoms with Crippen LogP contribution in [0.3, 0.4) is 0 Å². The van der Waals surface area contributed by atoms with Crippen molar-refractivity contribution in [3.8, 4) is 17.1 Å². The van der Waals surface area contributed by atoms with E-state index in [1.165, 1.54) is 23.9 Å². The van der Waals surface area contributed by atoms with Crippen LogP contribution in [0.1, 0.15) is 11.3 Å². The number of anilines is 1. The Morgan fingerprint density at radius 3 is 2.33 bits per heavy atom. The number of nitrogens with zero attached hydrogens (tertiary/aromatic N) is 2. The molecule has 5 nitrogen and oxygen atoms in total. The summed E-state index contributed by atoms with van der Waals surface area (Å²) in [5.41, 5.74) is 1.10. The molecule has 0 aliphatic heterocycles. The minimum atomic E-state index is -4.41. The Hall–Kier alpha value is -3.07. The number of alkyl halides is 3. The molecule has 9 heteroatoms. The van der Waals surface area contributed by atoms with E-state index >= 15 is 0 Å². The first-order valence-electron chi connectivity index (χ1n) is 8.84. The highest BCUT2D eigenvalue weighted by atomic mass is 32.2. The summed E-state index contributed by atoms with van der Waals surface area (Å²) in [5.74, 6) is 0.964. The number of methoxy groups -OCH3 is 1. The molecule has 1 N–H and O–H groups in total. The molecule has 2 aromatic carbocycles. The molecule has 30 heavy (non-hydrogen) atoms. The summed E-state index contributed by atoms with van der Waals surface area (Å²) in [6, 6.07) is 13.4. The van der Waals surface area contributed by atoms with Crippen LogP contribution in [0, 0.1) is 6.92 Å². The molecule has 1 aromatic heterocycles. The first-order valence-corrected chi connectivity index (χ1v) is 9.83. The highest BCUT2D eigenvalue weighted by molar-refractivity contribution is 7.99. The zero-order valence-electron chi connectivity index (χ0n) is 16.2. The molecule has 0 radical (unpaired) electrons. The van der Waals surface area contributed by atoms with E-state index in [4.69, 9.17) is 4.74 Å². The van der Waals surface area contributed by atoms with Crippen LogP contribution in [-0.2, 0) is 11.0 Å². The van der Waals surface area contributed by atoms with Crippen LogP contribution in [0.5, 0.6) is 5.75 Å². The second kappa shape index (κ2) is 9.17. The van der Waals surface area contributed by atoms with Crippen LogP contribution in [0.15, 0.2) is 59.6 Å². The molecule has 0 spiro atoms. The molecule has 0 bridgehead atoms. The van der Waals surface area contributed by atoms with E-state index < -0.39 is 11.7 Å². The molecule has 0 unspecified atom stereocenters. The van der Waals surface area contributed by atoms with E-state index in [-0.39, 0.29) is 11.7 Å². The van der Waals surface area contributed by atoms with Gasteiger partial charge in [0.15, 0.2) is 5.82 Å². The third-order valence-electron chi connectivity index (χ3n) is 4.03. The monoisotopic (exact) mass is 433 g/mol. The van der Waals surface area contributed by atoms with Crippen LogP contribution < -0.4 is 10.1 Å². The molecule has 0 saturated heterocycles. The van der Waals surface area contributed by atoms with E-state index in [0.717, 1.165) is 29.1 Å². The first kappa shape index (κ1) is 21.6. The lowest BCUT2D eigenvalue weighted by Crippen LogP contribution is -2.14. The number of carbonyl (C=O) groups excluding carboxylic acids is 1. The van der Waals surface area contributed by atoms with Crippen molar-refractivity contribution >= 4 is 23.4 Å². The van der Waals surface area contributed by atoms with Gasteiger partial charge in [0.1, 0.15) is 10.8 Å². The highest BCUT2D eigenvalue weighted by Gasteiger charge is 2.29. The van der Waals surface area contributed by atoms with Crippen molar-refractivity contribution in [1.29, 1.82) is 0 Å². The van der Waals surface area contributed by atoms with E-state index in [0.29, 0.717) is 16.5 Å². The molecule has 1 heterocycles. The van der Waals surface area contributed by atoms with Gasteiger partial charge in [-0.05, 0) is 61.5 Å². The van der Waals surface area contributed by atoms with E-state index in [9.17, 15) is 18.0 Å². The largest absolute Gasteiger partial charge is 0.497 e. The third-order valence-corrected chi connectivity index (χ3v) is 4.94. The zero-order valence-corrected chi connectivity index (χ0v) is 17.0. The Balaban J connectivity index is 1.63. The molecule has 0 saturated carbocycles. The number of aromatic nitrogens is 2. The molecular weight excluding hydrogens is 415 g/mol. The number of hydrogen-bond donors (Lipinski definition) is 1. The van der Waals surface area contributed by atoms with Gasteiger partial charge in [-0.3, -0.25) is 4.79 Å². The number of rotatable bonds is 6.